The van der Waals surface area contributed by atoms with Crippen molar-refractivity contribution in [2.24, 2.45) is 11.3 Å². The number of ether oxygens (including phenoxy) is 3. The fourth-order valence-corrected chi connectivity index (χ4v) is 3.84. The van der Waals surface area contributed by atoms with Crippen LogP contribution in [0.15, 0.2) is 11.6 Å². The first kappa shape index (κ1) is 13.1. The van der Waals surface area contributed by atoms with Gasteiger partial charge in [-0.05, 0) is 24.2 Å². The van der Waals surface area contributed by atoms with Crippen molar-refractivity contribution in [1.29, 1.82) is 0 Å². The predicted octanol–water partition coefficient (Wildman–Crippen LogP) is 2.43. The van der Waals surface area contributed by atoms with Crippen LogP contribution in [0.25, 0.3) is 0 Å². The third-order valence-electron chi connectivity index (χ3n) is 5.22. The van der Waals surface area contributed by atoms with Crippen molar-refractivity contribution in [3.05, 3.63) is 11.6 Å². The summed E-state index contributed by atoms with van der Waals surface area (Å²) >= 11 is 0. The summed E-state index contributed by atoms with van der Waals surface area (Å²) in [5.74, 6) is -0.103. The molecule has 1 heterocycles. The second kappa shape index (κ2) is 4.60. The molecule has 4 heteroatoms. The second-order valence-electron chi connectivity index (χ2n) is 6.14. The quantitative estimate of drug-likeness (QED) is 0.569. The van der Waals surface area contributed by atoms with Crippen molar-refractivity contribution >= 4 is 5.97 Å². The Morgan fingerprint density at radius 2 is 2.16 bits per heavy atom. The van der Waals surface area contributed by atoms with E-state index in [1.807, 2.05) is 0 Å². The highest BCUT2D eigenvalue weighted by Gasteiger charge is 2.52. The summed E-state index contributed by atoms with van der Waals surface area (Å²) < 4.78 is 16.5. The Morgan fingerprint density at radius 1 is 1.42 bits per heavy atom. The van der Waals surface area contributed by atoms with Crippen LogP contribution in [0.5, 0.6) is 0 Å². The molecule has 3 aliphatic rings. The summed E-state index contributed by atoms with van der Waals surface area (Å²) in [5.41, 5.74) is 1.53. The van der Waals surface area contributed by atoms with E-state index in [1.165, 1.54) is 12.7 Å². The second-order valence-corrected chi connectivity index (χ2v) is 6.14. The highest BCUT2D eigenvalue weighted by atomic mass is 16.7. The molecule has 2 atom stereocenters. The van der Waals surface area contributed by atoms with Crippen LogP contribution in [0.3, 0.4) is 0 Å². The molecule has 4 nitrogen and oxygen atoms in total. The minimum atomic E-state index is -0.370. The topological polar surface area (TPSA) is 44.8 Å². The SMILES string of the molecule is COC(=O)C[C@H]1CC=C2CC3(CC[C@@]21C)OCCO3. The fraction of sp³-hybridized carbons (Fsp3) is 0.800. The van der Waals surface area contributed by atoms with Crippen molar-refractivity contribution in [3.8, 4) is 0 Å². The Hall–Kier alpha value is -0.870. The molecule has 1 aliphatic heterocycles. The number of hydrogen-bond donors (Lipinski definition) is 0. The molecule has 0 bridgehead atoms. The van der Waals surface area contributed by atoms with Gasteiger partial charge in [0.25, 0.3) is 0 Å². The maximum Gasteiger partial charge on any atom is 0.305 e. The van der Waals surface area contributed by atoms with E-state index < -0.39 is 0 Å². The lowest BCUT2D eigenvalue weighted by atomic mass is 9.65. The van der Waals surface area contributed by atoms with E-state index in [-0.39, 0.29) is 17.2 Å². The van der Waals surface area contributed by atoms with Gasteiger partial charge in [0.15, 0.2) is 5.79 Å². The number of carbonyl (C=O) groups is 1. The lowest BCUT2D eigenvalue weighted by molar-refractivity contribution is -0.178. The number of allylic oxidation sites excluding steroid dienone is 1. The summed E-state index contributed by atoms with van der Waals surface area (Å²) in [4.78, 5) is 11.5. The Kier molecular flexibility index (Phi) is 3.18. The van der Waals surface area contributed by atoms with Gasteiger partial charge >= 0.3 is 5.97 Å². The molecule has 1 spiro atoms. The van der Waals surface area contributed by atoms with Gasteiger partial charge in [-0.2, -0.15) is 0 Å². The van der Waals surface area contributed by atoms with Gasteiger partial charge in [-0.3, -0.25) is 4.79 Å². The minimum Gasteiger partial charge on any atom is -0.469 e. The maximum atomic E-state index is 11.5. The van der Waals surface area contributed by atoms with E-state index in [2.05, 4.69) is 13.0 Å². The largest absolute Gasteiger partial charge is 0.469 e. The van der Waals surface area contributed by atoms with Gasteiger partial charge in [0.1, 0.15) is 0 Å². The van der Waals surface area contributed by atoms with Crippen LogP contribution in [-0.2, 0) is 19.0 Å². The first-order valence-corrected chi connectivity index (χ1v) is 7.12. The third-order valence-corrected chi connectivity index (χ3v) is 5.22. The molecule has 0 aromatic heterocycles. The number of methoxy groups -OCH3 is 1. The number of fused-ring (bicyclic) bond motifs is 1. The normalized spacial score (nSPS) is 36.1. The molecular formula is C15H22O4. The molecule has 19 heavy (non-hydrogen) atoms. The number of esters is 1. The van der Waals surface area contributed by atoms with E-state index >= 15 is 0 Å². The van der Waals surface area contributed by atoms with E-state index in [1.54, 1.807) is 0 Å². The number of hydrogen-bond acceptors (Lipinski definition) is 4. The summed E-state index contributed by atoms with van der Waals surface area (Å²) in [5, 5.41) is 0. The molecule has 0 N–H and O–H groups in total. The summed E-state index contributed by atoms with van der Waals surface area (Å²) in [6, 6.07) is 0. The molecule has 106 valence electrons. The van der Waals surface area contributed by atoms with Gasteiger partial charge in [-0.25, -0.2) is 0 Å². The highest BCUT2D eigenvalue weighted by molar-refractivity contribution is 5.69. The zero-order valence-electron chi connectivity index (χ0n) is 11.7. The summed E-state index contributed by atoms with van der Waals surface area (Å²) in [6.45, 7) is 3.69. The van der Waals surface area contributed by atoms with E-state index in [0.29, 0.717) is 25.6 Å². The first-order chi connectivity index (χ1) is 9.08. The van der Waals surface area contributed by atoms with Crippen LogP contribution >= 0.6 is 0 Å². The average molecular weight is 266 g/mol. The average Bonchev–Trinajstić information content (AvgIpc) is 2.98. The highest BCUT2D eigenvalue weighted by Crippen LogP contribution is 2.56. The van der Waals surface area contributed by atoms with Crippen molar-refractivity contribution < 1.29 is 19.0 Å². The van der Waals surface area contributed by atoms with Gasteiger partial charge in [0.05, 0.1) is 20.3 Å². The fourth-order valence-electron chi connectivity index (χ4n) is 3.84. The van der Waals surface area contributed by atoms with Crippen LogP contribution in [-0.4, -0.2) is 32.1 Å². The zero-order valence-corrected chi connectivity index (χ0v) is 11.7. The van der Waals surface area contributed by atoms with Crippen molar-refractivity contribution in [1.82, 2.24) is 0 Å². The third kappa shape index (κ3) is 2.11. The van der Waals surface area contributed by atoms with Gasteiger partial charge in [-0.15, -0.1) is 0 Å². The number of carbonyl (C=O) groups excluding carboxylic acids is 1. The van der Waals surface area contributed by atoms with Gasteiger partial charge in [-0.1, -0.05) is 18.6 Å². The van der Waals surface area contributed by atoms with Gasteiger partial charge in [0, 0.05) is 19.3 Å². The smallest absolute Gasteiger partial charge is 0.305 e. The predicted molar refractivity (Wildman–Crippen MR) is 69.4 cm³/mol. The molecule has 1 saturated carbocycles. The van der Waals surface area contributed by atoms with Crippen molar-refractivity contribution in [2.75, 3.05) is 20.3 Å². The molecule has 0 amide bonds. The lowest BCUT2D eigenvalue weighted by Crippen LogP contribution is -2.42. The van der Waals surface area contributed by atoms with Crippen LogP contribution in [0.2, 0.25) is 0 Å². The molecule has 2 aliphatic carbocycles. The molecule has 0 aromatic carbocycles. The lowest BCUT2D eigenvalue weighted by Gasteiger charge is -2.44. The monoisotopic (exact) mass is 266 g/mol. The van der Waals surface area contributed by atoms with Crippen LogP contribution in [0.4, 0.5) is 0 Å². The van der Waals surface area contributed by atoms with Gasteiger partial charge in [0.2, 0.25) is 0 Å². The molecule has 2 fully saturated rings. The summed E-state index contributed by atoms with van der Waals surface area (Å²) in [7, 11) is 1.46. The molecule has 0 aromatic rings. The van der Waals surface area contributed by atoms with E-state index in [4.69, 9.17) is 14.2 Å². The zero-order chi connectivity index (χ0) is 13.5. The van der Waals surface area contributed by atoms with Crippen molar-refractivity contribution in [3.63, 3.8) is 0 Å². The molecular weight excluding hydrogens is 244 g/mol. The van der Waals surface area contributed by atoms with E-state index in [9.17, 15) is 4.79 Å². The van der Waals surface area contributed by atoms with Crippen molar-refractivity contribution in [2.45, 2.75) is 44.8 Å². The molecule has 0 radical (unpaired) electrons. The Bertz CT molecular complexity index is 408. The van der Waals surface area contributed by atoms with Crippen LogP contribution < -0.4 is 0 Å². The first-order valence-electron chi connectivity index (χ1n) is 7.12. The molecule has 0 unspecified atom stereocenters. The Balaban J connectivity index is 1.73. The number of rotatable bonds is 2. The minimum absolute atomic E-state index is 0.102. The van der Waals surface area contributed by atoms with E-state index in [0.717, 1.165) is 25.7 Å². The Morgan fingerprint density at radius 3 is 2.84 bits per heavy atom. The van der Waals surface area contributed by atoms with Crippen LogP contribution in [0.1, 0.15) is 39.0 Å². The van der Waals surface area contributed by atoms with Crippen LogP contribution in [0, 0.1) is 11.3 Å². The Labute approximate surface area is 114 Å². The van der Waals surface area contributed by atoms with Gasteiger partial charge < -0.3 is 14.2 Å². The molecule has 3 rings (SSSR count). The maximum absolute atomic E-state index is 11.5. The summed E-state index contributed by atoms with van der Waals surface area (Å²) in [6.07, 6.45) is 6.60. The standard InChI is InChI=1S/C15H22O4/c1-14-5-6-15(18-7-8-19-15)10-12(14)4-3-11(14)9-13(16)17-2/h4,11H,3,5-10H2,1-2H3/t11-,14-/m1/s1. The molecule has 1 saturated heterocycles.